The average Bonchev–Trinajstić information content (AvgIpc) is 1.96. The molecule has 0 aromatic carbocycles. The van der Waals surface area contributed by atoms with E-state index in [0.717, 1.165) is 0 Å². The van der Waals surface area contributed by atoms with E-state index in [1.54, 1.807) is 0 Å². The molecule has 10 heteroatoms. The summed E-state index contributed by atoms with van der Waals surface area (Å²) >= 11 is 0. The van der Waals surface area contributed by atoms with Gasteiger partial charge in [-0.1, -0.05) is 0 Å². The molecule has 0 aliphatic carbocycles. The van der Waals surface area contributed by atoms with Crippen LogP contribution in [0.15, 0.2) is 11.8 Å². The van der Waals surface area contributed by atoms with Gasteiger partial charge in [0.2, 0.25) is 0 Å². The van der Waals surface area contributed by atoms with E-state index in [1.807, 2.05) is 0 Å². The molecule has 0 rings (SSSR count). The van der Waals surface area contributed by atoms with Gasteiger partial charge >= 0.3 is 88.7 Å². The molecule has 0 N–H and O–H groups in total. The summed E-state index contributed by atoms with van der Waals surface area (Å²) in [5.41, 5.74) is 0. The fourth-order valence-corrected chi connectivity index (χ4v) is 0.403. The van der Waals surface area contributed by atoms with Crippen LogP contribution in [0.3, 0.4) is 0 Å². The quantitative estimate of drug-likeness (QED) is 0.271. The molecule has 0 aromatic heterocycles. The predicted octanol–water partition coefficient (Wildman–Crippen LogP) is -13.9. The maximum atomic E-state index is 10.0. The van der Waals surface area contributed by atoms with E-state index >= 15 is 0 Å². The number of carbonyl (C=O) groups is 3. The molecule has 0 aromatic rings. The number of aliphatic carboxylic acids is 3. The van der Waals surface area contributed by atoms with Crippen molar-refractivity contribution in [2.24, 2.45) is 0 Å². The Hall–Kier alpha value is 0.950. The number of carbonyl (C=O) groups excluding carboxylic acids is 3. The molecule has 0 amide bonds. The number of rotatable bonds is 5. The molecule has 0 saturated carbocycles. The van der Waals surface area contributed by atoms with Crippen LogP contribution in [0, 0.1) is 0 Å². The fraction of sp³-hybridized carbons (Fsp3) is 0.167. The zero-order valence-corrected chi connectivity index (χ0v) is 15.1. The van der Waals surface area contributed by atoms with Crippen molar-refractivity contribution in [1.82, 2.24) is 0 Å². The van der Waals surface area contributed by atoms with Gasteiger partial charge in [-0.15, -0.1) is 0 Å². The van der Waals surface area contributed by atoms with Gasteiger partial charge in [-0.2, -0.15) is 0 Å². The predicted molar refractivity (Wildman–Crippen MR) is 29.1 cm³/mol. The van der Waals surface area contributed by atoms with Crippen molar-refractivity contribution in [1.29, 1.82) is 0 Å². The molecule has 0 heterocycles. The van der Waals surface area contributed by atoms with E-state index < -0.39 is 30.3 Å². The molecule has 0 spiro atoms. The first-order valence-corrected chi connectivity index (χ1v) is 2.90. The minimum atomic E-state index is -1.95. The molecular formula is C6H3Na3O7. The van der Waals surface area contributed by atoms with Gasteiger partial charge in [0.05, 0.1) is 11.9 Å². The van der Waals surface area contributed by atoms with E-state index in [1.165, 1.54) is 0 Å². The fourth-order valence-electron chi connectivity index (χ4n) is 0.403. The molecule has 0 atom stereocenters. The maximum absolute atomic E-state index is 10.0. The Morgan fingerprint density at radius 3 is 1.69 bits per heavy atom. The number of hydrogen-bond donors (Lipinski definition) is 0. The van der Waals surface area contributed by atoms with Crippen LogP contribution >= 0.6 is 0 Å². The average molecular weight is 256 g/mol. The van der Waals surface area contributed by atoms with Gasteiger partial charge in [-0.3, -0.25) is 0 Å². The molecule has 0 saturated heterocycles. The smallest absolute Gasteiger partial charge is 0.546 e. The van der Waals surface area contributed by atoms with Gasteiger partial charge in [-0.05, 0) is 0 Å². The Morgan fingerprint density at radius 2 is 1.44 bits per heavy atom. The third-order valence-corrected chi connectivity index (χ3v) is 0.796. The van der Waals surface area contributed by atoms with Crippen LogP contribution in [0.2, 0.25) is 0 Å². The molecule has 0 fully saturated rings. The second-order valence-electron chi connectivity index (χ2n) is 1.78. The van der Waals surface area contributed by atoms with Gasteiger partial charge in [0.25, 0.3) is 0 Å². The molecule has 16 heavy (non-hydrogen) atoms. The third-order valence-electron chi connectivity index (χ3n) is 0.796. The van der Waals surface area contributed by atoms with E-state index in [9.17, 15) is 29.7 Å². The Kier molecular flexibility index (Phi) is 22.5. The van der Waals surface area contributed by atoms with Gasteiger partial charge in [0.15, 0.2) is 0 Å². The Labute approximate surface area is 157 Å². The van der Waals surface area contributed by atoms with E-state index in [-0.39, 0.29) is 94.7 Å². The molecule has 7 nitrogen and oxygen atoms in total. The van der Waals surface area contributed by atoms with E-state index in [4.69, 9.17) is 0 Å². The van der Waals surface area contributed by atoms with Crippen LogP contribution in [0.5, 0.6) is 0 Å². The molecule has 72 valence electrons. The Morgan fingerprint density at radius 1 is 1.00 bits per heavy atom. The topological polar surface area (TPSA) is 130 Å². The SMILES string of the molecule is O=C([O-])/C=C(/OCC(=O)[O-])C(=O)[O-].[Na+].[Na+].[Na+]. The molecule has 0 radical (unpaired) electrons. The molecule has 0 bridgehead atoms. The summed E-state index contributed by atoms with van der Waals surface area (Å²) in [7, 11) is 0. The zero-order chi connectivity index (χ0) is 10.4. The van der Waals surface area contributed by atoms with Crippen LogP contribution in [-0.2, 0) is 19.1 Å². The summed E-state index contributed by atoms with van der Waals surface area (Å²) in [5.74, 6) is -6.61. The summed E-state index contributed by atoms with van der Waals surface area (Å²) in [6.07, 6.45) is 0.0677. The van der Waals surface area contributed by atoms with Gasteiger partial charge in [-0.25, -0.2) is 0 Å². The van der Waals surface area contributed by atoms with Crippen molar-refractivity contribution in [2.75, 3.05) is 6.61 Å². The van der Waals surface area contributed by atoms with Crippen LogP contribution < -0.4 is 104 Å². The van der Waals surface area contributed by atoms with Crippen LogP contribution in [0.4, 0.5) is 0 Å². The second kappa shape index (κ2) is 14.0. The normalized spacial score (nSPS) is 8.62. The van der Waals surface area contributed by atoms with Crippen LogP contribution in [0.1, 0.15) is 0 Å². The zero-order valence-electron chi connectivity index (χ0n) is 9.14. The van der Waals surface area contributed by atoms with Crippen molar-refractivity contribution >= 4 is 17.9 Å². The molecular weight excluding hydrogens is 253 g/mol. The number of carboxylic acids is 3. The molecule has 0 aliphatic heterocycles. The summed E-state index contributed by atoms with van der Waals surface area (Å²) in [6, 6.07) is 0. The summed E-state index contributed by atoms with van der Waals surface area (Å²) in [5, 5.41) is 29.6. The standard InChI is InChI=1S/C6H6O7.3Na/c7-4(8)1-3(6(11)12)13-2-5(9)10;;;/h1H,2H2,(H,7,8)(H,9,10)(H,11,12);;;/q;3*+1/p-3/b3-1+;;;. The van der Waals surface area contributed by atoms with E-state index in [2.05, 4.69) is 4.74 Å². The van der Waals surface area contributed by atoms with Crippen molar-refractivity contribution in [3.63, 3.8) is 0 Å². The second-order valence-corrected chi connectivity index (χ2v) is 1.78. The van der Waals surface area contributed by atoms with Gasteiger partial charge < -0.3 is 34.4 Å². The third kappa shape index (κ3) is 14.9. The minimum Gasteiger partial charge on any atom is -0.546 e. The number of ether oxygens (including phenoxy) is 1. The Balaban J connectivity index is -0.000000240. The first-order chi connectivity index (χ1) is 5.93. The Bertz CT molecular complexity index is 275. The first-order valence-electron chi connectivity index (χ1n) is 2.90. The van der Waals surface area contributed by atoms with E-state index in [0.29, 0.717) is 0 Å². The van der Waals surface area contributed by atoms with Gasteiger partial charge in [0, 0.05) is 6.08 Å². The first kappa shape index (κ1) is 25.7. The van der Waals surface area contributed by atoms with Crippen molar-refractivity contribution < 1.29 is 123 Å². The number of carboxylic acid groups (broad SMARTS) is 3. The van der Waals surface area contributed by atoms with Gasteiger partial charge in [0.1, 0.15) is 18.3 Å². The summed E-state index contributed by atoms with van der Waals surface area (Å²) in [6.45, 7) is -1.08. The van der Waals surface area contributed by atoms with Crippen molar-refractivity contribution in [2.45, 2.75) is 0 Å². The summed E-state index contributed by atoms with van der Waals surface area (Å²) in [4.78, 5) is 29.6. The molecule has 0 aliphatic rings. The van der Waals surface area contributed by atoms with Crippen LogP contribution in [0.25, 0.3) is 0 Å². The minimum absolute atomic E-state index is 0. The monoisotopic (exact) mass is 256 g/mol. The van der Waals surface area contributed by atoms with Crippen molar-refractivity contribution in [3.8, 4) is 0 Å². The maximum Gasteiger partial charge on any atom is 1.00 e. The van der Waals surface area contributed by atoms with Crippen molar-refractivity contribution in [3.05, 3.63) is 11.8 Å². The molecule has 0 unspecified atom stereocenters. The number of hydrogen-bond acceptors (Lipinski definition) is 7. The largest absolute Gasteiger partial charge is 1.00 e. The van der Waals surface area contributed by atoms with Crippen LogP contribution in [-0.4, -0.2) is 24.5 Å². The summed E-state index contributed by atoms with van der Waals surface area (Å²) < 4.78 is 3.99.